The lowest BCUT2D eigenvalue weighted by Gasteiger charge is -2.46. The van der Waals surface area contributed by atoms with E-state index in [-0.39, 0.29) is 43.2 Å². The van der Waals surface area contributed by atoms with Crippen LogP contribution in [0.5, 0.6) is 0 Å². The van der Waals surface area contributed by atoms with Crippen LogP contribution in [0.25, 0.3) is 0 Å². The minimum Gasteiger partial charge on any atom is -0.379 e. The molecule has 8 atom stereocenters. The molecule has 3 aliphatic rings. The number of hydrogen-bond acceptors (Lipinski definition) is 9. The monoisotopic (exact) mass is 629 g/mol. The highest BCUT2D eigenvalue weighted by Gasteiger charge is 2.50. The van der Waals surface area contributed by atoms with Gasteiger partial charge in [0.2, 0.25) is 0 Å². The minimum atomic E-state index is -0.668. The Bertz CT molecular complexity index is 736. The second kappa shape index (κ2) is 20.8. The van der Waals surface area contributed by atoms with Crippen molar-refractivity contribution in [2.45, 2.75) is 180 Å². The molecule has 0 aromatic heterocycles. The van der Waals surface area contributed by atoms with Gasteiger partial charge in [-0.15, -0.1) is 0 Å². The standard InChI is InChI=1S/C35H67NO8/c1-7-11-19-37-25-29-31(38-20-12-8-2)32(39-21-13-9-3)33(40-22-14-10-4)34(42-29)41-24-27(36)30-28(43-35(5,6)44-30)23-26-17-15-16-18-26/h26-34H,7-25,36H2,1-6H3/t27-,28+,29?,30-,31?,32?,33?,34?/m0/s1. The van der Waals surface area contributed by atoms with E-state index in [2.05, 4.69) is 27.7 Å². The van der Waals surface area contributed by atoms with Gasteiger partial charge in [-0.2, -0.15) is 0 Å². The summed E-state index contributed by atoms with van der Waals surface area (Å²) in [4.78, 5) is 0. The predicted octanol–water partition coefficient (Wildman–Crippen LogP) is 6.53. The number of unbranched alkanes of at least 4 members (excludes halogenated alkanes) is 4. The maximum absolute atomic E-state index is 6.83. The van der Waals surface area contributed by atoms with E-state index < -0.39 is 18.2 Å². The molecule has 2 heterocycles. The van der Waals surface area contributed by atoms with Crippen molar-refractivity contribution in [1.82, 2.24) is 0 Å². The van der Waals surface area contributed by atoms with Gasteiger partial charge in [0.1, 0.15) is 30.5 Å². The summed E-state index contributed by atoms with van der Waals surface area (Å²) >= 11 is 0. The van der Waals surface area contributed by atoms with E-state index >= 15 is 0 Å². The van der Waals surface area contributed by atoms with Gasteiger partial charge in [0.05, 0.1) is 25.4 Å². The summed E-state index contributed by atoms with van der Waals surface area (Å²) < 4.78 is 51.7. The number of hydrogen-bond donors (Lipinski definition) is 1. The van der Waals surface area contributed by atoms with E-state index in [9.17, 15) is 0 Å². The Morgan fingerprint density at radius 3 is 1.89 bits per heavy atom. The highest BCUT2D eigenvalue weighted by molar-refractivity contribution is 4.95. The smallest absolute Gasteiger partial charge is 0.186 e. The predicted molar refractivity (Wildman–Crippen MR) is 173 cm³/mol. The van der Waals surface area contributed by atoms with Crippen LogP contribution in [-0.4, -0.2) is 94.4 Å². The van der Waals surface area contributed by atoms with Crippen LogP contribution >= 0.6 is 0 Å². The van der Waals surface area contributed by atoms with E-state index in [0.717, 1.165) is 57.8 Å². The lowest BCUT2D eigenvalue weighted by molar-refractivity contribution is -0.325. The molecule has 9 nitrogen and oxygen atoms in total. The van der Waals surface area contributed by atoms with Crippen LogP contribution in [0.1, 0.15) is 125 Å². The van der Waals surface area contributed by atoms with Crippen molar-refractivity contribution >= 4 is 0 Å². The van der Waals surface area contributed by atoms with Gasteiger partial charge in [-0.3, -0.25) is 0 Å². The summed E-state index contributed by atoms with van der Waals surface area (Å²) in [6.45, 7) is 15.8. The normalized spacial score (nSPS) is 31.6. The second-order valence-electron chi connectivity index (χ2n) is 13.6. The molecule has 44 heavy (non-hydrogen) atoms. The van der Waals surface area contributed by atoms with Crippen molar-refractivity contribution in [2.24, 2.45) is 11.7 Å². The Labute approximate surface area is 268 Å². The third kappa shape index (κ3) is 12.3. The van der Waals surface area contributed by atoms with E-state index in [1.807, 2.05) is 13.8 Å². The quantitative estimate of drug-likeness (QED) is 0.127. The summed E-state index contributed by atoms with van der Waals surface area (Å²) in [5, 5.41) is 0. The maximum Gasteiger partial charge on any atom is 0.186 e. The van der Waals surface area contributed by atoms with Crippen LogP contribution in [-0.2, 0) is 37.9 Å². The molecule has 1 aliphatic carbocycles. The fraction of sp³-hybridized carbons (Fsp3) is 1.00. The summed E-state index contributed by atoms with van der Waals surface area (Å²) in [6, 6.07) is -0.375. The van der Waals surface area contributed by atoms with Gasteiger partial charge in [0, 0.05) is 26.4 Å². The first kappa shape index (κ1) is 38.1. The SMILES string of the molecule is CCCCOCC1OC(OC[C@H](N)[C@@H]2OC(C)(C)O[C@@H]2CC2CCCC2)C(OCCCC)C(OCCCC)C1OCCCC. The summed E-state index contributed by atoms with van der Waals surface area (Å²) in [5.41, 5.74) is 6.83. The Hall–Kier alpha value is -0.360. The zero-order chi connectivity index (χ0) is 31.8. The maximum atomic E-state index is 6.83. The zero-order valence-electron chi connectivity index (χ0n) is 29.0. The molecule has 0 radical (unpaired) electrons. The molecule has 0 amide bonds. The molecular weight excluding hydrogens is 562 g/mol. The first-order valence-electron chi connectivity index (χ1n) is 18.1. The largest absolute Gasteiger partial charge is 0.379 e. The van der Waals surface area contributed by atoms with Gasteiger partial charge < -0.3 is 43.6 Å². The molecule has 260 valence electrons. The van der Waals surface area contributed by atoms with Gasteiger partial charge in [0.15, 0.2) is 12.1 Å². The Balaban J connectivity index is 1.77. The molecule has 1 saturated carbocycles. The van der Waals surface area contributed by atoms with Crippen LogP contribution < -0.4 is 5.73 Å². The lowest BCUT2D eigenvalue weighted by atomic mass is 9.94. The molecule has 3 fully saturated rings. The van der Waals surface area contributed by atoms with Gasteiger partial charge in [-0.05, 0) is 51.9 Å². The molecule has 0 aromatic carbocycles. The van der Waals surface area contributed by atoms with Crippen LogP contribution in [0.2, 0.25) is 0 Å². The van der Waals surface area contributed by atoms with Crippen molar-refractivity contribution in [2.75, 3.05) is 39.6 Å². The molecule has 2 aliphatic heterocycles. The van der Waals surface area contributed by atoms with Crippen LogP contribution in [0.3, 0.4) is 0 Å². The van der Waals surface area contributed by atoms with Gasteiger partial charge in [-0.1, -0.05) is 79.1 Å². The molecular formula is C35H67NO8. The van der Waals surface area contributed by atoms with Crippen molar-refractivity contribution in [1.29, 1.82) is 0 Å². The zero-order valence-corrected chi connectivity index (χ0v) is 29.0. The number of rotatable bonds is 23. The van der Waals surface area contributed by atoms with Crippen molar-refractivity contribution < 1.29 is 37.9 Å². The van der Waals surface area contributed by atoms with Gasteiger partial charge in [-0.25, -0.2) is 0 Å². The topological polar surface area (TPSA) is 99.9 Å². The molecule has 3 rings (SSSR count). The average molecular weight is 630 g/mol. The Morgan fingerprint density at radius 2 is 1.27 bits per heavy atom. The van der Waals surface area contributed by atoms with E-state index in [4.69, 9.17) is 43.6 Å². The highest BCUT2D eigenvalue weighted by Crippen LogP contribution is 2.38. The Morgan fingerprint density at radius 1 is 0.705 bits per heavy atom. The molecule has 5 unspecified atom stereocenters. The summed E-state index contributed by atoms with van der Waals surface area (Å²) in [6.07, 6.45) is 11.8. The highest BCUT2D eigenvalue weighted by atomic mass is 16.8. The molecule has 0 bridgehead atoms. The number of ether oxygens (including phenoxy) is 8. The fourth-order valence-corrected chi connectivity index (χ4v) is 6.53. The van der Waals surface area contributed by atoms with Crippen molar-refractivity contribution in [3.8, 4) is 0 Å². The first-order valence-corrected chi connectivity index (χ1v) is 18.1. The minimum absolute atomic E-state index is 0.0447. The van der Waals surface area contributed by atoms with E-state index in [0.29, 0.717) is 39.0 Å². The molecule has 9 heteroatoms. The molecule has 0 spiro atoms. The Kier molecular flexibility index (Phi) is 18.0. The van der Waals surface area contributed by atoms with Crippen LogP contribution in [0.15, 0.2) is 0 Å². The third-order valence-corrected chi connectivity index (χ3v) is 9.08. The molecule has 0 aromatic rings. The van der Waals surface area contributed by atoms with Gasteiger partial charge in [0.25, 0.3) is 0 Å². The average Bonchev–Trinajstić information content (AvgIpc) is 3.62. The van der Waals surface area contributed by atoms with Crippen molar-refractivity contribution in [3.63, 3.8) is 0 Å². The molecule has 2 N–H and O–H groups in total. The second-order valence-corrected chi connectivity index (χ2v) is 13.6. The van der Waals surface area contributed by atoms with E-state index in [1.54, 1.807) is 0 Å². The summed E-state index contributed by atoms with van der Waals surface area (Å²) in [7, 11) is 0. The van der Waals surface area contributed by atoms with Crippen LogP contribution in [0.4, 0.5) is 0 Å². The first-order chi connectivity index (χ1) is 21.3. The fourth-order valence-electron chi connectivity index (χ4n) is 6.53. The molecule has 2 saturated heterocycles. The number of nitrogens with two attached hydrogens (primary N) is 1. The van der Waals surface area contributed by atoms with Crippen LogP contribution in [0, 0.1) is 5.92 Å². The lowest BCUT2D eigenvalue weighted by Crippen LogP contribution is -2.62. The van der Waals surface area contributed by atoms with Crippen molar-refractivity contribution in [3.05, 3.63) is 0 Å². The van der Waals surface area contributed by atoms with E-state index in [1.165, 1.54) is 25.7 Å². The van der Waals surface area contributed by atoms with Gasteiger partial charge >= 0.3 is 0 Å². The summed E-state index contributed by atoms with van der Waals surface area (Å²) in [5.74, 6) is 0.00576. The third-order valence-electron chi connectivity index (χ3n) is 9.08.